The summed E-state index contributed by atoms with van der Waals surface area (Å²) >= 11 is 0. The third-order valence-electron chi connectivity index (χ3n) is 3.08. The van der Waals surface area contributed by atoms with Gasteiger partial charge in [-0.05, 0) is 29.8 Å². The minimum Gasteiger partial charge on any atom is -0.456 e. The molecule has 1 heterocycles. The summed E-state index contributed by atoms with van der Waals surface area (Å²) in [4.78, 5) is 0. The molecule has 3 rings (SSSR count). The summed E-state index contributed by atoms with van der Waals surface area (Å²) < 4.78 is 27.9. The van der Waals surface area contributed by atoms with Crippen molar-refractivity contribution in [2.75, 3.05) is 0 Å². The number of halogens is 1. The van der Waals surface area contributed by atoms with Gasteiger partial charge in [-0.25, -0.2) is 8.42 Å². The number of hydrogen-bond donors (Lipinski definition) is 0. The summed E-state index contributed by atoms with van der Waals surface area (Å²) in [5, 5.41) is 0.967. The van der Waals surface area contributed by atoms with Crippen LogP contribution in [0.15, 0.2) is 64.4 Å². The predicted octanol–water partition coefficient (Wildman–Crippen LogP) is 4.59. The van der Waals surface area contributed by atoms with Crippen LogP contribution in [0, 0.1) is 0 Å². The van der Waals surface area contributed by atoms with Gasteiger partial charge in [-0.3, -0.25) is 0 Å². The zero-order valence-corrected chi connectivity index (χ0v) is 12.4. The fourth-order valence-electron chi connectivity index (χ4n) is 2.13. The Morgan fingerprint density at radius 1 is 0.905 bits per heavy atom. The molecule has 1 aromatic rings. The van der Waals surface area contributed by atoms with Gasteiger partial charge in [0, 0.05) is 27.2 Å². The van der Waals surface area contributed by atoms with Gasteiger partial charge in [0.1, 0.15) is 11.5 Å². The molecule has 0 amide bonds. The Morgan fingerprint density at radius 3 is 2.52 bits per heavy atom. The molecule has 0 spiro atoms. The molecule has 0 saturated carbocycles. The summed E-state index contributed by atoms with van der Waals surface area (Å²) in [6, 6.07) is 17.0. The second-order valence-electron chi connectivity index (χ2n) is 4.51. The van der Waals surface area contributed by atoms with E-state index in [-0.39, 0.29) is 0 Å². The molecule has 0 fully saturated rings. The highest BCUT2D eigenvalue weighted by molar-refractivity contribution is 8.16. The first-order valence-corrected chi connectivity index (χ1v) is 8.61. The molecule has 0 aromatic heterocycles. The van der Waals surface area contributed by atoms with Gasteiger partial charge in [0.2, 0.25) is 0 Å². The van der Waals surface area contributed by atoms with E-state index in [9.17, 15) is 8.42 Å². The quantitative estimate of drug-likeness (QED) is 0.663. The molecule has 0 atom stereocenters. The molecule has 0 bridgehead atoms. The molecule has 1 aliphatic heterocycles. The van der Waals surface area contributed by atoms with E-state index >= 15 is 0 Å². The lowest BCUT2D eigenvalue weighted by molar-refractivity contribution is 0.583. The van der Waals surface area contributed by atoms with Gasteiger partial charge in [0.05, 0.1) is 0 Å². The average molecular weight is 319 g/mol. The minimum atomic E-state index is -3.69. The SMILES string of the molecule is O=S(=O)(Cl)/C=C/c1ccccc1-c1ccc2cccc-2o1. The zero-order valence-electron chi connectivity index (χ0n) is 10.9. The predicted molar refractivity (Wildman–Crippen MR) is 84.6 cm³/mol. The lowest BCUT2D eigenvalue weighted by Gasteiger charge is -2.07. The molecule has 1 aliphatic carbocycles. The lowest BCUT2D eigenvalue weighted by atomic mass is 10.0. The van der Waals surface area contributed by atoms with Crippen molar-refractivity contribution in [1.82, 2.24) is 0 Å². The Morgan fingerprint density at radius 2 is 1.71 bits per heavy atom. The Labute approximate surface area is 127 Å². The topological polar surface area (TPSA) is 47.3 Å². The van der Waals surface area contributed by atoms with Crippen molar-refractivity contribution in [3.05, 3.63) is 65.6 Å². The molecular weight excluding hydrogens is 308 g/mol. The third-order valence-corrected chi connectivity index (χ3v) is 3.85. The highest BCUT2D eigenvalue weighted by Gasteiger charge is 2.10. The van der Waals surface area contributed by atoms with Crippen LogP contribution >= 0.6 is 10.7 Å². The normalized spacial score (nSPS) is 12.2. The van der Waals surface area contributed by atoms with E-state index in [2.05, 4.69) is 0 Å². The maximum atomic E-state index is 11.0. The van der Waals surface area contributed by atoms with E-state index in [1.54, 1.807) is 6.07 Å². The van der Waals surface area contributed by atoms with Crippen LogP contribution in [0.4, 0.5) is 0 Å². The van der Waals surface area contributed by atoms with Gasteiger partial charge in [0.25, 0.3) is 9.05 Å². The molecule has 5 heteroatoms. The average Bonchev–Trinajstić information content (AvgIpc) is 2.92. The van der Waals surface area contributed by atoms with Crippen LogP contribution in [-0.2, 0) is 9.05 Å². The Bertz CT molecular complexity index is 878. The van der Waals surface area contributed by atoms with Crippen LogP contribution in [0.25, 0.3) is 28.7 Å². The summed E-state index contributed by atoms with van der Waals surface area (Å²) in [7, 11) is 1.52. The lowest BCUT2D eigenvalue weighted by Crippen LogP contribution is -1.86. The smallest absolute Gasteiger partial charge is 0.254 e. The molecular formula is C16H11ClO3S. The zero-order chi connectivity index (χ0) is 14.9. The second-order valence-corrected chi connectivity index (χ2v) is 7.02. The molecule has 0 radical (unpaired) electrons. The second kappa shape index (κ2) is 5.39. The fraction of sp³-hybridized carbons (Fsp3) is 0. The summed E-state index contributed by atoms with van der Waals surface area (Å²) in [5.74, 6) is 1.46. The number of rotatable bonds is 3. The van der Waals surface area contributed by atoms with E-state index in [1.807, 2.05) is 48.5 Å². The van der Waals surface area contributed by atoms with Crippen LogP contribution in [-0.4, -0.2) is 8.42 Å². The van der Waals surface area contributed by atoms with Gasteiger partial charge < -0.3 is 4.42 Å². The van der Waals surface area contributed by atoms with E-state index in [1.165, 1.54) is 6.08 Å². The number of fused-ring (bicyclic) bond motifs is 1. The van der Waals surface area contributed by atoms with E-state index in [4.69, 9.17) is 15.1 Å². The highest BCUT2D eigenvalue weighted by atomic mass is 35.7. The molecule has 21 heavy (non-hydrogen) atoms. The maximum Gasteiger partial charge on any atom is 0.254 e. The van der Waals surface area contributed by atoms with Crippen LogP contribution in [0.1, 0.15) is 5.56 Å². The molecule has 0 saturated heterocycles. The van der Waals surface area contributed by atoms with Crippen LogP contribution in [0.2, 0.25) is 0 Å². The first-order valence-electron chi connectivity index (χ1n) is 6.24. The minimum absolute atomic E-state index is 0.668. The van der Waals surface area contributed by atoms with Crippen molar-refractivity contribution in [3.8, 4) is 22.6 Å². The molecule has 1 aromatic carbocycles. The highest BCUT2D eigenvalue weighted by Crippen LogP contribution is 2.31. The standard InChI is InChI=1S/C16H11ClO3S/c17-21(18,19)11-10-12-4-1-2-6-14(12)16-9-8-13-5-3-7-15(13)20-16/h1-11H/b11-10+. The summed E-state index contributed by atoms with van der Waals surface area (Å²) in [6.45, 7) is 0. The fourth-order valence-corrected chi connectivity index (χ4v) is 2.60. The van der Waals surface area contributed by atoms with Crippen molar-refractivity contribution < 1.29 is 12.8 Å². The van der Waals surface area contributed by atoms with Gasteiger partial charge in [-0.1, -0.05) is 36.4 Å². The summed E-state index contributed by atoms with van der Waals surface area (Å²) in [6.07, 6.45) is 1.46. The molecule has 3 nitrogen and oxygen atoms in total. The Balaban J connectivity index is 2.10. The van der Waals surface area contributed by atoms with Crippen LogP contribution in [0.5, 0.6) is 0 Å². The van der Waals surface area contributed by atoms with Crippen molar-refractivity contribution in [2.24, 2.45) is 0 Å². The van der Waals surface area contributed by atoms with E-state index in [0.717, 1.165) is 27.9 Å². The van der Waals surface area contributed by atoms with Gasteiger partial charge in [-0.15, -0.1) is 0 Å². The van der Waals surface area contributed by atoms with E-state index < -0.39 is 9.05 Å². The van der Waals surface area contributed by atoms with Crippen molar-refractivity contribution >= 4 is 25.8 Å². The van der Waals surface area contributed by atoms with Gasteiger partial charge in [0.15, 0.2) is 0 Å². The molecule has 2 aliphatic rings. The third kappa shape index (κ3) is 3.17. The molecule has 0 unspecified atom stereocenters. The van der Waals surface area contributed by atoms with Crippen molar-refractivity contribution in [2.45, 2.75) is 0 Å². The van der Waals surface area contributed by atoms with Crippen molar-refractivity contribution in [3.63, 3.8) is 0 Å². The van der Waals surface area contributed by atoms with Crippen LogP contribution < -0.4 is 0 Å². The first kappa shape index (κ1) is 13.9. The summed E-state index contributed by atoms with van der Waals surface area (Å²) in [5.41, 5.74) is 2.55. The Hall–Kier alpha value is -2.04. The maximum absolute atomic E-state index is 11.0. The molecule has 106 valence electrons. The van der Waals surface area contributed by atoms with Crippen LogP contribution in [0.3, 0.4) is 0 Å². The Kier molecular flexibility index (Phi) is 3.57. The molecule has 0 N–H and O–H groups in total. The van der Waals surface area contributed by atoms with Gasteiger partial charge >= 0.3 is 0 Å². The van der Waals surface area contributed by atoms with Crippen molar-refractivity contribution in [1.29, 1.82) is 0 Å². The van der Waals surface area contributed by atoms with E-state index in [0.29, 0.717) is 5.76 Å². The van der Waals surface area contributed by atoms with Gasteiger partial charge in [-0.2, -0.15) is 0 Å². The largest absolute Gasteiger partial charge is 0.456 e. The number of benzene rings is 1. The first-order chi connectivity index (χ1) is 10.0. The monoisotopic (exact) mass is 318 g/mol. The number of hydrogen-bond acceptors (Lipinski definition) is 3.